The number of ether oxygens (including phenoxy) is 3. The van der Waals surface area contributed by atoms with Crippen molar-refractivity contribution in [2.75, 3.05) is 19.8 Å². The first-order valence-corrected chi connectivity index (χ1v) is 13.6. The maximum absolute atomic E-state index is 12.6. The number of carboxylic acid groups (broad SMARTS) is 1. The van der Waals surface area contributed by atoms with Crippen LogP contribution in [-0.2, 0) is 35.5 Å². The molecule has 8 nitrogen and oxygen atoms in total. The molecule has 200 valence electrons. The average molecular weight is 538 g/mol. The Morgan fingerprint density at radius 2 is 1.47 bits per heavy atom. The molecule has 0 spiro atoms. The van der Waals surface area contributed by atoms with Crippen LogP contribution < -0.4 is 5.32 Å². The first kappa shape index (κ1) is 27.6. The van der Waals surface area contributed by atoms with Gasteiger partial charge in [-0.05, 0) is 41.7 Å². The summed E-state index contributed by atoms with van der Waals surface area (Å²) in [7, 11) is -1.43. The van der Waals surface area contributed by atoms with Crippen molar-refractivity contribution in [1.82, 2.24) is 5.32 Å². The topological polar surface area (TPSA) is 111 Å². The van der Waals surface area contributed by atoms with E-state index in [-0.39, 0.29) is 18.9 Å². The van der Waals surface area contributed by atoms with Crippen molar-refractivity contribution < 1.29 is 33.5 Å². The standard InChI is InChI=1S/C29H32NO7P/c1-3-36-29(38-34,37-4-2)20-15-13-19(14-16-20)17-26(27(31)32)30-28(33)35-18-25-23-11-7-5-9-21(23)22-10-6-8-12-24(22)25/h5-16,25-26H,3-4,17-18,38H2,1-2H3,(H,30,33)(H,31,32). The van der Waals surface area contributed by atoms with Gasteiger partial charge in [0.1, 0.15) is 21.1 Å². The Morgan fingerprint density at radius 1 is 0.921 bits per heavy atom. The van der Waals surface area contributed by atoms with Crippen LogP contribution in [0.1, 0.15) is 42.0 Å². The first-order chi connectivity index (χ1) is 18.4. The molecule has 1 amide bonds. The summed E-state index contributed by atoms with van der Waals surface area (Å²) in [4.78, 5) is 24.6. The molecule has 2 N–H and O–H groups in total. The highest BCUT2D eigenvalue weighted by Crippen LogP contribution is 2.44. The van der Waals surface area contributed by atoms with Gasteiger partial charge in [0.05, 0.1) is 0 Å². The number of alkyl carbamates (subject to hydrolysis) is 1. The predicted molar refractivity (Wildman–Crippen MR) is 145 cm³/mol. The third kappa shape index (κ3) is 5.83. The van der Waals surface area contributed by atoms with E-state index < -0.39 is 32.1 Å². The summed E-state index contributed by atoms with van der Waals surface area (Å²) < 4.78 is 28.8. The van der Waals surface area contributed by atoms with Gasteiger partial charge in [0.2, 0.25) is 5.53 Å². The number of rotatable bonds is 12. The van der Waals surface area contributed by atoms with Crippen LogP contribution in [0, 0.1) is 0 Å². The van der Waals surface area contributed by atoms with E-state index in [2.05, 4.69) is 5.32 Å². The third-order valence-corrected chi connectivity index (χ3v) is 7.58. The predicted octanol–water partition coefficient (Wildman–Crippen LogP) is 5.16. The SMILES string of the molecule is CCOC(OCC)([PH2]=O)c1ccc(CC(NC(=O)OCC2c3ccccc3-c3ccccc32)C(=O)O)cc1. The molecular weight excluding hydrogens is 505 g/mol. The number of benzene rings is 3. The zero-order chi connectivity index (χ0) is 27.1. The van der Waals surface area contributed by atoms with Crippen molar-refractivity contribution in [3.05, 3.63) is 95.1 Å². The Morgan fingerprint density at radius 3 is 1.97 bits per heavy atom. The highest BCUT2D eigenvalue weighted by molar-refractivity contribution is 7.24. The molecule has 0 bridgehead atoms. The molecule has 0 aromatic heterocycles. The molecule has 0 radical (unpaired) electrons. The van der Waals surface area contributed by atoms with Gasteiger partial charge in [0.25, 0.3) is 0 Å². The number of aliphatic carboxylic acids is 1. The molecule has 38 heavy (non-hydrogen) atoms. The van der Waals surface area contributed by atoms with Gasteiger partial charge in [-0.25, -0.2) is 9.59 Å². The van der Waals surface area contributed by atoms with Gasteiger partial charge in [-0.15, -0.1) is 0 Å². The lowest BCUT2D eigenvalue weighted by molar-refractivity contribution is -0.176. The zero-order valence-corrected chi connectivity index (χ0v) is 22.5. The number of nitrogens with one attached hydrogen (secondary N) is 1. The van der Waals surface area contributed by atoms with E-state index in [0.29, 0.717) is 24.3 Å². The van der Waals surface area contributed by atoms with Crippen LogP contribution in [0.4, 0.5) is 4.79 Å². The van der Waals surface area contributed by atoms with Gasteiger partial charge in [0, 0.05) is 31.1 Å². The van der Waals surface area contributed by atoms with Crippen molar-refractivity contribution in [2.24, 2.45) is 0 Å². The second kappa shape index (κ2) is 12.4. The van der Waals surface area contributed by atoms with E-state index in [4.69, 9.17) is 14.2 Å². The fourth-order valence-electron chi connectivity index (χ4n) is 4.86. The Bertz CT molecular complexity index is 1240. The molecule has 2 atom stereocenters. The fourth-order valence-corrected chi connectivity index (χ4v) is 5.66. The smallest absolute Gasteiger partial charge is 0.407 e. The minimum Gasteiger partial charge on any atom is -0.480 e. The molecule has 0 saturated carbocycles. The van der Waals surface area contributed by atoms with E-state index in [9.17, 15) is 19.3 Å². The summed E-state index contributed by atoms with van der Waals surface area (Å²) in [5.74, 6) is -1.30. The van der Waals surface area contributed by atoms with Crippen LogP contribution in [0.5, 0.6) is 0 Å². The minimum absolute atomic E-state index is 0.0420. The maximum Gasteiger partial charge on any atom is 0.407 e. The molecule has 4 rings (SSSR count). The Hall–Kier alpha value is -3.45. The summed E-state index contributed by atoms with van der Waals surface area (Å²) in [5.41, 5.74) is 4.32. The molecule has 3 aromatic carbocycles. The van der Waals surface area contributed by atoms with Gasteiger partial charge in [0.15, 0.2) is 0 Å². The van der Waals surface area contributed by atoms with E-state index in [1.54, 1.807) is 38.1 Å². The Kier molecular flexibility index (Phi) is 9.00. The quantitative estimate of drug-likeness (QED) is 0.243. The average Bonchev–Trinajstić information content (AvgIpc) is 3.25. The van der Waals surface area contributed by atoms with E-state index in [1.165, 1.54) is 0 Å². The normalized spacial score (nSPS) is 13.7. The molecular formula is C29H32NO7P. The van der Waals surface area contributed by atoms with Crippen LogP contribution in [0.15, 0.2) is 72.8 Å². The van der Waals surface area contributed by atoms with Crippen molar-refractivity contribution in [3.63, 3.8) is 0 Å². The highest BCUT2D eigenvalue weighted by atomic mass is 31.1. The molecule has 1 aliphatic carbocycles. The molecule has 9 heteroatoms. The van der Waals surface area contributed by atoms with Gasteiger partial charge in [-0.3, -0.25) is 0 Å². The maximum atomic E-state index is 12.6. The number of hydrogen-bond donors (Lipinski definition) is 2. The monoisotopic (exact) mass is 537 g/mol. The number of amides is 1. The van der Waals surface area contributed by atoms with E-state index in [1.807, 2.05) is 48.5 Å². The van der Waals surface area contributed by atoms with E-state index >= 15 is 0 Å². The number of carbonyl (C=O) groups excluding carboxylic acids is 1. The van der Waals surface area contributed by atoms with Crippen molar-refractivity contribution >= 4 is 20.5 Å². The van der Waals surface area contributed by atoms with Crippen LogP contribution in [0.25, 0.3) is 11.1 Å². The van der Waals surface area contributed by atoms with Crippen molar-refractivity contribution in [1.29, 1.82) is 0 Å². The Balaban J connectivity index is 1.41. The lowest BCUT2D eigenvalue weighted by atomic mass is 9.98. The van der Waals surface area contributed by atoms with Gasteiger partial charge >= 0.3 is 12.1 Å². The summed E-state index contributed by atoms with van der Waals surface area (Å²) >= 11 is 0. The highest BCUT2D eigenvalue weighted by Gasteiger charge is 2.33. The molecule has 0 heterocycles. The molecule has 3 aromatic rings. The second-order valence-electron chi connectivity index (χ2n) is 8.91. The van der Waals surface area contributed by atoms with Crippen molar-refractivity contribution in [3.8, 4) is 11.1 Å². The summed E-state index contributed by atoms with van der Waals surface area (Å²) in [6.07, 6.45) is -0.752. The molecule has 1 aliphatic rings. The second-order valence-corrected chi connectivity index (χ2v) is 9.91. The molecule has 0 fully saturated rings. The number of fused-ring (bicyclic) bond motifs is 3. The van der Waals surface area contributed by atoms with Crippen molar-refractivity contribution in [2.45, 2.75) is 37.8 Å². The fraction of sp³-hybridized carbons (Fsp3) is 0.310. The summed E-state index contributed by atoms with van der Waals surface area (Å²) in [6, 6.07) is 21.6. The summed E-state index contributed by atoms with van der Waals surface area (Å²) in [5, 5.41) is 12.2. The van der Waals surface area contributed by atoms with Crippen LogP contribution in [0.3, 0.4) is 0 Å². The van der Waals surface area contributed by atoms with Gasteiger partial charge in [-0.2, -0.15) is 0 Å². The molecule has 0 saturated heterocycles. The van der Waals surface area contributed by atoms with E-state index in [0.717, 1.165) is 22.3 Å². The minimum atomic E-state index is -1.43. The zero-order valence-electron chi connectivity index (χ0n) is 21.4. The lowest BCUT2D eigenvalue weighted by Gasteiger charge is -2.28. The molecule has 0 aliphatic heterocycles. The van der Waals surface area contributed by atoms with Gasteiger partial charge < -0.3 is 29.2 Å². The lowest BCUT2D eigenvalue weighted by Crippen LogP contribution is -2.42. The first-order valence-electron chi connectivity index (χ1n) is 12.6. The number of carboxylic acids is 1. The number of hydrogen-bond acceptors (Lipinski definition) is 6. The van der Waals surface area contributed by atoms with Gasteiger partial charge in [-0.1, -0.05) is 72.8 Å². The Labute approximate surface area is 223 Å². The van der Waals surface area contributed by atoms with Crippen LogP contribution in [-0.4, -0.2) is 43.0 Å². The largest absolute Gasteiger partial charge is 0.480 e. The van der Waals surface area contributed by atoms with Crippen LogP contribution in [0.2, 0.25) is 0 Å². The van der Waals surface area contributed by atoms with Crippen LogP contribution >= 0.6 is 8.46 Å². The summed E-state index contributed by atoms with van der Waals surface area (Å²) in [6.45, 7) is 4.33. The number of carbonyl (C=O) groups is 2. The third-order valence-electron chi connectivity index (χ3n) is 6.60. The molecule has 2 unspecified atom stereocenters.